The van der Waals surface area contributed by atoms with Gasteiger partial charge in [0.25, 0.3) is 11.8 Å². The Morgan fingerprint density at radius 1 is 0.697 bits per heavy atom. The van der Waals surface area contributed by atoms with Gasteiger partial charge in [-0.2, -0.15) is 0 Å². The molecule has 33 heavy (non-hydrogen) atoms. The van der Waals surface area contributed by atoms with Crippen LogP contribution in [0.25, 0.3) is 5.57 Å². The van der Waals surface area contributed by atoms with Crippen LogP contribution in [-0.2, 0) is 16.1 Å². The standard InChI is InChI=1S/C28H33N3O2/c32-27-25(23-13-7-4-8-14-23)26(28(33)31(27)24-15-9-1-2-10-16-24)30-19-17-29(18-20-30)21-22-11-5-3-6-12-22/h3-8,11-14,24H,1-2,9-10,15-21H2. The number of carbonyl (C=O) groups is 2. The fourth-order valence-corrected chi connectivity index (χ4v) is 5.51. The van der Waals surface area contributed by atoms with Gasteiger partial charge in [0.05, 0.1) is 5.57 Å². The van der Waals surface area contributed by atoms with Gasteiger partial charge in [0.2, 0.25) is 0 Å². The monoisotopic (exact) mass is 443 g/mol. The van der Waals surface area contributed by atoms with Crippen molar-refractivity contribution in [1.29, 1.82) is 0 Å². The Morgan fingerprint density at radius 3 is 1.94 bits per heavy atom. The number of amides is 2. The summed E-state index contributed by atoms with van der Waals surface area (Å²) in [6.07, 6.45) is 6.44. The molecule has 5 heteroatoms. The van der Waals surface area contributed by atoms with Crippen molar-refractivity contribution < 1.29 is 9.59 Å². The molecule has 1 saturated heterocycles. The number of benzene rings is 2. The summed E-state index contributed by atoms with van der Waals surface area (Å²) in [6.45, 7) is 4.20. The molecular weight excluding hydrogens is 410 g/mol. The average molecular weight is 444 g/mol. The quantitative estimate of drug-likeness (QED) is 0.510. The highest BCUT2D eigenvalue weighted by Gasteiger charge is 2.45. The Kier molecular flexibility index (Phi) is 6.58. The summed E-state index contributed by atoms with van der Waals surface area (Å²) in [6, 6.07) is 20.3. The van der Waals surface area contributed by atoms with Crippen molar-refractivity contribution in [3.8, 4) is 0 Å². The molecule has 0 radical (unpaired) electrons. The summed E-state index contributed by atoms with van der Waals surface area (Å²) in [4.78, 5) is 33.7. The molecule has 5 rings (SSSR count). The van der Waals surface area contributed by atoms with Crippen molar-refractivity contribution in [1.82, 2.24) is 14.7 Å². The van der Waals surface area contributed by atoms with E-state index in [0.717, 1.165) is 64.0 Å². The molecule has 3 aliphatic rings. The van der Waals surface area contributed by atoms with Gasteiger partial charge in [0.15, 0.2) is 0 Å². The number of hydrogen-bond acceptors (Lipinski definition) is 4. The third kappa shape index (κ3) is 4.60. The second-order valence-corrected chi connectivity index (χ2v) is 9.46. The first kappa shape index (κ1) is 21.9. The predicted octanol–water partition coefficient (Wildman–Crippen LogP) is 4.31. The maximum Gasteiger partial charge on any atom is 0.278 e. The van der Waals surface area contributed by atoms with Gasteiger partial charge >= 0.3 is 0 Å². The van der Waals surface area contributed by atoms with E-state index >= 15 is 0 Å². The number of hydrogen-bond donors (Lipinski definition) is 0. The minimum atomic E-state index is -0.0974. The third-order valence-corrected chi connectivity index (χ3v) is 7.28. The number of nitrogens with zero attached hydrogens (tertiary/aromatic N) is 3. The minimum absolute atomic E-state index is 0.0306. The molecule has 1 saturated carbocycles. The van der Waals surface area contributed by atoms with Crippen LogP contribution in [0.1, 0.15) is 49.7 Å². The molecule has 2 heterocycles. The molecule has 172 valence electrons. The van der Waals surface area contributed by atoms with Gasteiger partial charge in [0, 0.05) is 38.8 Å². The van der Waals surface area contributed by atoms with E-state index in [9.17, 15) is 9.59 Å². The lowest BCUT2D eigenvalue weighted by Gasteiger charge is -2.36. The van der Waals surface area contributed by atoms with Gasteiger partial charge in [-0.3, -0.25) is 19.4 Å². The molecule has 2 amide bonds. The molecule has 2 aliphatic heterocycles. The SMILES string of the molecule is O=C1C(c2ccccc2)=C(N2CCN(Cc3ccccc3)CC2)C(=O)N1C1CCCCCC1. The lowest BCUT2D eigenvalue weighted by Crippen LogP contribution is -2.48. The molecule has 0 atom stereocenters. The zero-order valence-corrected chi connectivity index (χ0v) is 19.3. The van der Waals surface area contributed by atoms with Gasteiger partial charge in [-0.25, -0.2) is 0 Å². The van der Waals surface area contributed by atoms with Crippen molar-refractivity contribution in [2.75, 3.05) is 26.2 Å². The summed E-state index contributed by atoms with van der Waals surface area (Å²) >= 11 is 0. The normalized spacial score (nSPS) is 21.1. The summed E-state index contributed by atoms with van der Waals surface area (Å²) < 4.78 is 0. The van der Waals surface area contributed by atoms with Gasteiger partial charge in [-0.05, 0) is 24.0 Å². The predicted molar refractivity (Wildman–Crippen MR) is 130 cm³/mol. The summed E-state index contributed by atoms with van der Waals surface area (Å²) in [5.41, 5.74) is 3.38. The zero-order valence-electron chi connectivity index (χ0n) is 19.3. The number of imide groups is 1. The van der Waals surface area contributed by atoms with E-state index in [2.05, 4.69) is 34.1 Å². The van der Waals surface area contributed by atoms with E-state index < -0.39 is 0 Å². The lowest BCUT2D eigenvalue weighted by atomic mass is 10.0. The highest BCUT2D eigenvalue weighted by Crippen LogP contribution is 2.36. The van der Waals surface area contributed by atoms with E-state index in [1.807, 2.05) is 36.4 Å². The summed E-state index contributed by atoms with van der Waals surface area (Å²) in [5.74, 6) is -0.179. The van der Waals surface area contributed by atoms with E-state index in [1.165, 1.54) is 18.4 Å². The smallest absolute Gasteiger partial charge is 0.278 e. The fourth-order valence-electron chi connectivity index (χ4n) is 5.51. The number of rotatable bonds is 5. The van der Waals surface area contributed by atoms with Crippen molar-refractivity contribution in [3.63, 3.8) is 0 Å². The van der Waals surface area contributed by atoms with Gasteiger partial charge in [0.1, 0.15) is 5.70 Å². The molecule has 0 N–H and O–H groups in total. The Hall–Kier alpha value is -2.92. The van der Waals surface area contributed by atoms with E-state index in [-0.39, 0.29) is 17.9 Å². The largest absolute Gasteiger partial charge is 0.364 e. The molecule has 2 aromatic rings. The topological polar surface area (TPSA) is 43.9 Å². The van der Waals surface area contributed by atoms with Crippen LogP contribution in [0.15, 0.2) is 66.4 Å². The van der Waals surface area contributed by atoms with E-state index in [1.54, 1.807) is 4.90 Å². The van der Waals surface area contributed by atoms with Crippen LogP contribution in [0.4, 0.5) is 0 Å². The van der Waals surface area contributed by atoms with Crippen LogP contribution >= 0.6 is 0 Å². The lowest BCUT2D eigenvalue weighted by molar-refractivity contribution is -0.140. The molecule has 0 aromatic heterocycles. The first-order valence-corrected chi connectivity index (χ1v) is 12.4. The first-order valence-electron chi connectivity index (χ1n) is 12.4. The first-order chi connectivity index (χ1) is 16.2. The Bertz CT molecular complexity index is 1000. The van der Waals surface area contributed by atoms with Crippen molar-refractivity contribution in [2.45, 2.75) is 51.1 Å². The maximum absolute atomic E-state index is 13.8. The highest BCUT2D eigenvalue weighted by atomic mass is 16.2. The van der Waals surface area contributed by atoms with Crippen LogP contribution in [-0.4, -0.2) is 58.7 Å². The van der Waals surface area contributed by atoms with Crippen LogP contribution in [0, 0.1) is 0 Å². The molecule has 2 fully saturated rings. The van der Waals surface area contributed by atoms with E-state index in [0.29, 0.717) is 11.3 Å². The number of piperazine rings is 1. The summed E-state index contributed by atoms with van der Waals surface area (Å²) in [7, 11) is 0. The highest BCUT2D eigenvalue weighted by molar-refractivity contribution is 6.35. The van der Waals surface area contributed by atoms with E-state index in [4.69, 9.17) is 0 Å². The van der Waals surface area contributed by atoms with Gasteiger partial charge in [-0.15, -0.1) is 0 Å². The molecule has 0 spiro atoms. The molecule has 0 bridgehead atoms. The Labute approximate surface area is 196 Å². The second-order valence-electron chi connectivity index (χ2n) is 9.46. The van der Waals surface area contributed by atoms with Crippen molar-refractivity contribution >= 4 is 17.4 Å². The fraction of sp³-hybridized carbons (Fsp3) is 0.429. The maximum atomic E-state index is 13.8. The van der Waals surface area contributed by atoms with Crippen LogP contribution in [0.2, 0.25) is 0 Å². The van der Waals surface area contributed by atoms with Crippen LogP contribution in [0.5, 0.6) is 0 Å². The van der Waals surface area contributed by atoms with Crippen molar-refractivity contribution in [3.05, 3.63) is 77.5 Å². The van der Waals surface area contributed by atoms with Gasteiger partial charge in [-0.1, -0.05) is 86.3 Å². The molecule has 2 aromatic carbocycles. The van der Waals surface area contributed by atoms with Crippen LogP contribution in [0.3, 0.4) is 0 Å². The van der Waals surface area contributed by atoms with Crippen LogP contribution < -0.4 is 0 Å². The average Bonchev–Trinajstić information content (AvgIpc) is 3.01. The van der Waals surface area contributed by atoms with Gasteiger partial charge < -0.3 is 4.90 Å². The molecule has 1 aliphatic carbocycles. The zero-order chi connectivity index (χ0) is 22.6. The van der Waals surface area contributed by atoms with Crippen molar-refractivity contribution in [2.24, 2.45) is 0 Å². The number of carbonyl (C=O) groups excluding carboxylic acids is 2. The molecule has 0 unspecified atom stereocenters. The Balaban J connectivity index is 1.39. The minimum Gasteiger partial charge on any atom is -0.364 e. The molecular formula is C28H33N3O2. The Morgan fingerprint density at radius 2 is 1.30 bits per heavy atom. The summed E-state index contributed by atoms with van der Waals surface area (Å²) in [5, 5.41) is 0. The third-order valence-electron chi connectivity index (χ3n) is 7.28. The second kappa shape index (κ2) is 9.92. The molecule has 5 nitrogen and oxygen atoms in total.